The Hall–Kier alpha value is -0.680. The zero-order valence-corrected chi connectivity index (χ0v) is 14.4. The summed E-state index contributed by atoms with van der Waals surface area (Å²) < 4.78 is 22.1. The number of aliphatic hydroxyl groups excluding tert-OH is 1. The van der Waals surface area contributed by atoms with E-state index >= 15 is 0 Å². The molecule has 2 fully saturated rings. The van der Waals surface area contributed by atoms with E-state index in [4.69, 9.17) is 30.3 Å². The molecule has 6 atom stereocenters. The molecule has 0 bridgehead atoms. The van der Waals surface area contributed by atoms with Gasteiger partial charge >= 0.3 is 0 Å². The van der Waals surface area contributed by atoms with Crippen LogP contribution in [0.2, 0.25) is 5.02 Å². The Balaban J connectivity index is 1.53. The smallest absolute Gasteiger partial charge is 0.155 e. The fraction of sp³-hybridized carbons (Fsp3) is 0.500. The molecule has 1 aromatic carbocycles. The first-order valence-electron chi connectivity index (χ1n) is 7.53. The Morgan fingerprint density at radius 2 is 2.35 bits per heavy atom. The highest BCUT2D eigenvalue weighted by Crippen LogP contribution is 2.35. The van der Waals surface area contributed by atoms with Gasteiger partial charge in [0.25, 0.3) is 0 Å². The highest BCUT2D eigenvalue weighted by atomic mass is 35.5. The minimum absolute atomic E-state index is 0.0160. The van der Waals surface area contributed by atoms with Crippen LogP contribution in [-0.2, 0) is 14.0 Å². The van der Waals surface area contributed by atoms with Crippen LogP contribution in [0.15, 0.2) is 36.4 Å². The second kappa shape index (κ2) is 7.93. The molecule has 5 nitrogen and oxygen atoms in total. The van der Waals surface area contributed by atoms with E-state index in [2.05, 4.69) is 9.47 Å². The third-order valence-electron chi connectivity index (χ3n) is 4.06. The molecule has 2 saturated heterocycles. The SMILES string of the molecule is OC1C[C@H]2C(CO[C@@H]2C=CC(COc2cccc(Cl)c2)OP)O1. The van der Waals surface area contributed by atoms with E-state index in [-0.39, 0.29) is 24.2 Å². The van der Waals surface area contributed by atoms with Crippen molar-refractivity contribution in [3.8, 4) is 5.75 Å². The van der Waals surface area contributed by atoms with Crippen molar-refractivity contribution in [1.82, 2.24) is 0 Å². The van der Waals surface area contributed by atoms with Gasteiger partial charge in [-0.25, -0.2) is 0 Å². The van der Waals surface area contributed by atoms with E-state index in [1.807, 2.05) is 24.3 Å². The minimum atomic E-state index is -0.676. The fourth-order valence-corrected chi connectivity index (χ4v) is 3.24. The molecular formula is C16H20ClO5P. The van der Waals surface area contributed by atoms with Gasteiger partial charge in [-0.15, -0.1) is 0 Å². The number of benzene rings is 1. The summed E-state index contributed by atoms with van der Waals surface area (Å²) in [6.45, 7) is 0.877. The van der Waals surface area contributed by atoms with Crippen LogP contribution < -0.4 is 4.74 Å². The molecule has 7 heteroatoms. The summed E-state index contributed by atoms with van der Waals surface area (Å²) >= 11 is 5.93. The van der Waals surface area contributed by atoms with Crippen molar-refractivity contribution < 1.29 is 23.8 Å². The van der Waals surface area contributed by atoms with Crippen LogP contribution in [0.1, 0.15) is 6.42 Å². The molecule has 0 amide bonds. The molecule has 0 aromatic heterocycles. The Bertz CT molecular complexity index is 555. The average Bonchev–Trinajstić information content (AvgIpc) is 3.07. The molecule has 2 heterocycles. The fourth-order valence-electron chi connectivity index (χ4n) is 2.89. The molecule has 0 saturated carbocycles. The van der Waals surface area contributed by atoms with Gasteiger partial charge in [0.1, 0.15) is 18.5 Å². The van der Waals surface area contributed by atoms with E-state index in [1.54, 1.807) is 12.1 Å². The predicted molar refractivity (Wildman–Crippen MR) is 89.4 cm³/mol. The molecule has 23 heavy (non-hydrogen) atoms. The van der Waals surface area contributed by atoms with Crippen molar-refractivity contribution in [2.45, 2.75) is 31.0 Å². The van der Waals surface area contributed by atoms with Crippen molar-refractivity contribution >= 4 is 21.1 Å². The summed E-state index contributed by atoms with van der Waals surface area (Å²) in [5.74, 6) is 0.891. The first kappa shape index (κ1) is 17.2. The lowest BCUT2D eigenvalue weighted by molar-refractivity contribution is -0.100. The molecule has 2 aliphatic heterocycles. The minimum Gasteiger partial charge on any atom is -0.490 e. The van der Waals surface area contributed by atoms with Crippen LogP contribution in [-0.4, -0.2) is 42.9 Å². The van der Waals surface area contributed by atoms with Gasteiger partial charge in [-0.1, -0.05) is 29.8 Å². The molecule has 0 spiro atoms. The number of hydrogen-bond donors (Lipinski definition) is 1. The van der Waals surface area contributed by atoms with Gasteiger partial charge in [0.05, 0.1) is 18.8 Å². The molecule has 1 N–H and O–H groups in total. The molecular weight excluding hydrogens is 339 g/mol. The van der Waals surface area contributed by atoms with Crippen LogP contribution in [0.5, 0.6) is 5.75 Å². The Morgan fingerprint density at radius 1 is 1.48 bits per heavy atom. The van der Waals surface area contributed by atoms with Gasteiger partial charge in [-0.05, 0) is 18.2 Å². The number of rotatable bonds is 6. The molecule has 0 aliphatic carbocycles. The van der Waals surface area contributed by atoms with Gasteiger partial charge < -0.3 is 23.8 Å². The first-order valence-corrected chi connectivity index (χ1v) is 8.38. The van der Waals surface area contributed by atoms with E-state index in [0.717, 1.165) is 0 Å². The van der Waals surface area contributed by atoms with Crippen molar-refractivity contribution in [2.24, 2.45) is 5.92 Å². The number of fused-ring (bicyclic) bond motifs is 1. The van der Waals surface area contributed by atoms with E-state index in [9.17, 15) is 5.11 Å². The summed E-state index contributed by atoms with van der Waals surface area (Å²) in [6.07, 6.45) is 3.49. The van der Waals surface area contributed by atoms with Gasteiger partial charge in [0, 0.05) is 26.8 Å². The Kier molecular flexibility index (Phi) is 5.91. The third-order valence-corrected chi connectivity index (χ3v) is 4.64. The maximum atomic E-state index is 9.55. The quantitative estimate of drug-likeness (QED) is 0.625. The molecule has 1 aromatic rings. The van der Waals surface area contributed by atoms with Crippen molar-refractivity contribution in [3.63, 3.8) is 0 Å². The topological polar surface area (TPSA) is 57.2 Å². The number of ether oxygens (including phenoxy) is 3. The van der Waals surface area contributed by atoms with Crippen molar-refractivity contribution in [2.75, 3.05) is 13.2 Å². The second-order valence-corrected chi connectivity index (χ2v) is 6.36. The third kappa shape index (κ3) is 4.44. The van der Waals surface area contributed by atoms with E-state index in [1.165, 1.54) is 0 Å². The van der Waals surface area contributed by atoms with Crippen molar-refractivity contribution in [3.05, 3.63) is 41.4 Å². The van der Waals surface area contributed by atoms with Gasteiger partial charge in [0.2, 0.25) is 0 Å². The number of halogens is 1. The predicted octanol–water partition coefficient (Wildman–Crippen LogP) is 2.57. The molecule has 3 rings (SSSR count). The molecule has 4 unspecified atom stereocenters. The van der Waals surface area contributed by atoms with Crippen LogP contribution in [0.4, 0.5) is 0 Å². The van der Waals surface area contributed by atoms with Crippen LogP contribution >= 0.6 is 21.1 Å². The largest absolute Gasteiger partial charge is 0.490 e. The number of hydrogen-bond acceptors (Lipinski definition) is 5. The lowest BCUT2D eigenvalue weighted by atomic mass is 9.97. The Morgan fingerprint density at radius 3 is 3.13 bits per heavy atom. The standard InChI is InChI=1S/C16H20ClO5P/c17-10-2-1-3-11(6-10)19-8-12(22-23)4-5-14-13-7-16(18)21-15(13)9-20-14/h1-6,12-16,18H,7-9,23H2/t12?,13-,14-,15?,16?/m1/s1. The highest BCUT2D eigenvalue weighted by Gasteiger charge is 2.44. The zero-order chi connectivity index (χ0) is 16.2. The van der Waals surface area contributed by atoms with Crippen LogP contribution in [0.25, 0.3) is 0 Å². The second-order valence-electron chi connectivity index (χ2n) is 5.65. The molecule has 2 aliphatic rings. The Labute approximate surface area is 142 Å². The van der Waals surface area contributed by atoms with Gasteiger partial charge in [0.15, 0.2) is 6.29 Å². The average molecular weight is 359 g/mol. The maximum absolute atomic E-state index is 9.55. The van der Waals surface area contributed by atoms with Gasteiger partial charge in [-0.2, -0.15) is 0 Å². The molecule has 126 valence electrons. The lowest BCUT2D eigenvalue weighted by Crippen LogP contribution is -2.20. The first-order chi connectivity index (χ1) is 11.2. The highest BCUT2D eigenvalue weighted by molar-refractivity contribution is 7.09. The summed E-state index contributed by atoms with van der Waals surface area (Å²) in [4.78, 5) is 0. The lowest BCUT2D eigenvalue weighted by Gasteiger charge is -2.15. The van der Waals surface area contributed by atoms with E-state index < -0.39 is 6.29 Å². The normalized spacial score (nSPS) is 31.4. The summed E-state index contributed by atoms with van der Waals surface area (Å²) in [5, 5.41) is 10.2. The molecule has 0 radical (unpaired) electrons. The van der Waals surface area contributed by atoms with Crippen LogP contribution in [0.3, 0.4) is 0 Å². The maximum Gasteiger partial charge on any atom is 0.155 e. The van der Waals surface area contributed by atoms with Crippen LogP contribution in [0, 0.1) is 5.92 Å². The summed E-state index contributed by atoms with van der Waals surface area (Å²) in [5.41, 5.74) is 0. The summed E-state index contributed by atoms with van der Waals surface area (Å²) in [6, 6.07) is 7.23. The van der Waals surface area contributed by atoms with Crippen molar-refractivity contribution in [1.29, 1.82) is 0 Å². The zero-order valence-electron chi connectivity index (χ0n) is 12.5. The summed E-state index contributed by atoms with van der Waals surface area (Å²) in [7, 11) is 2.25. The van der Waals surface area contributed by atoms with Gasteiger partial charge in [-0.3, -0.25) is 0 Å². The van der Waals surface area contributed by atoms with E-state index in [0.29, 0.717) is 30.4 Å². The monoisotopic (exact) mass is 358 g/mol. The number of aliphatic hydroxyl groups is 1.